The van der Waals surface area contributed by atoms with Crippen molar-refractivity contribution in [2.75, 3.05) is 40.3 Å². The highest BCUT2D eigenvalue weighted by atomic mass is 35.5. The SMILES string of the molecule is CN(C)CCNC(=O)CN(CCc1cccc(OCc2cccc(F)c2)c1)Cc1ccco1.Cl.Cl. The standard InChI is InChI=1S/C26H32FN3O3.2ClH/c1-29(2)14-12-28-26(31)19-30(18-25-10-5-15-32-25)13-11-21-6-4-9-24(17-21)33-20-22-7-3-8-23(27)16-22;;/h3-10,15-17H,11-14,18-20H2,1-2H3,(H,28,31);2*1H. The van der Waals surface area contributed by atoms with Crippen LogP contribution >= 0.6 is 24.8 Å². The summed E-state index contributed by atoms with van der Waals surface area (Å²) in [4.78, 5) is 16.5. The van der Waals surface area contributed by atoms with Gasteiger partial charge in [0.25, 0.3) is 0 Å². The average Bonchev–Trinajstić information content (AvgIpc) is 3.29. The summed E-state index contributed by atoms with van der Waals surface area (Å²) in [5, 5.41) is 2.97. The van der Waals surface area contributed by atoms with E-state index in [1.807, 2.05) is 61.5 Å². The molecule has 1 heterocycles. The van der Waals surface area contributed by atoms with Crippen LogP contribution in [-0.4, -0.2) is 56.0 Å². The van der Waals surface area contributed by atoms with Gasteiger partial charge in [-0.2, -0.15) is 0 Å². The van der Waals surface area contributed by atoms with E-state index in [4.69, 9.17) is 9.15 Å². The topological polar surface area (TPSA) is 58.0 Å². The molecule has 192 valence electrons. The number of nitrogens with one attached hydrogen (secondary N) is 1. The molecule has 0 spiro atoms. The Hall–Kier alpha value is -2.58. The molecular formula is C26H34Cl2FN3O3. The van der Waals surface area contributed by atoms with Crippen LogP contribution < -0.4 is 10.1 Å². The molecule has 0 aliphatic carbocycles. The first-order chi connectivity index (χ1) is 16.0. The smallest absolute Gasteiger partial charge is 0.234 e. The molecule has 1 amide bonds. The van der Waals surface area contributed by atoms with Crippen LogP contribution in [0.5, 0.6) is 5.75 Å². The molecule has 0 saturated carbocycles. The summed E-state index contributed by atoms with van der Waals surface area (Å²) in [6.07, 6.45) is 2.40. The van der Waals surface area contributed by atoms with Gasteiger partial charge in [0.1, 0.15) is 23.9 Å². The molecule has 3 rings (SSSR count). The lowest BCUT2D eigenvalue weighted by Gasteiger charge is -2.21. The molecule has 0 aliphatic rings. The van der Waals surface area contributed by atoms with Crippen LogP contribution in [0.2, 0.25) is 0 Å². The molecule has 2 aromatic carbocycles. The fraction of sp³-hybridized carbons (Fsp3) is 0.346. The average molecular weight is 526 g/mol. The normalized spacial score (nSPS) is 10.5. The summed E-state index contributed by atoms with van der Waals surface area (Å²) in [7, 11) is 3.96. The van der Waals surface area contributed by atoms with Crippen molar-refractivity contribution in [3.8, 4) is 5.75 Å². The second kappa shape index (κ2) is 16.2. The summed E-state index contributed by atoms with van der Waals surface area (Å²) in [5.41, 5.74) is 1.88. The van der Waals surface area contributed by atoms with Gasteiger partial charge in [-0.3, -0.25) is 9.69 Å². The van der Waals surface area contributed by atoms with E-state index < -0.39 is 0 Å². The van der Waals surface area contributed by atoms with Crippen LogP contribution in [0.1, 0.15) is 16.9 Å². The van der Waals surface area contributed by atoms with E-state index in [2.05, 4.69) is 10.2 Å². The minimum Gasteiger partial charge on any atom is -0.489 e. The van der Waals surface area contributed by atoms with Crippen molar-refractivity contribution >= 4 is 30.7 Å². The second-order valence-electron chi connectivity index (χ2n) is 8.26. The third kappa shape index (κ3) is 11.6. The Morgan fingerprint density at radius 1 is 1.00 bits per heavy atom. The number of halogens is 3. The van der Waals surface area contributed by atoms with Crippen LogP contribution in [-0.2, 0) is 24.4 Å². The molecule has 0 unspecified atom stereocenters. The number of carbonyl (C=O) groups is 1. The number of hydrogen-bond acceptors (Lipinski definition) is 5. The Kier molecular flexibility index (Phi) is 14.1. The van der Waals surface area contributed by atoms with E-state index in [0.717, 1.165) is 35.6 Å². The van der Waals surface area contributed by atoms with Gasteiger partial charge in [0.2, 0.25) is 5.91 Å². The predicted molar refractivity (Wildman–Crippen MR) is 141 cm³/mol. The number of amides is 1. The molecule has 1 aromatic heterocycles. The Morgan fingerprint density at radius 3 is 2.49 bits per heavy atom. The first kappa shape index (κ1) is 30.5. The number of benzene rings is 2. The molecule has 0 fully saturated rings. The number of carbonyl (C=O) groups excluding carboxylic acids is 1. The zero-order chi connectivity index (χ0) is 23.5. The van der Waals surface area contributed by atoms with Crippen molar-refractivity contribution in [1.82, 2.24) is 15.1 Å². The largest absolute Gasteiger partial charge is 0.489 e. The number of furan rings is 1. The Morgan fingerprint density at radius 2 is 1.77 bits per heavy atom. The minimum absolute atomic E-state index is 0. The molecule has 3 aromatic rings. The van der Waals surface area contributed by atoms with Crippen LogP contribution in [0.3, 0.4) is 0 Å². The molecular weight excluding hydrogens is 492 g/mol. The lowest BCUT2D eigenvalue weighted by Crippen LogP contribution is -2.40. The molecule has 1 N–H and O–H groups in total. The number of likely N-dealkylation sites (N-methyl/N-ethyl adjacent to an activating group) is 1. The number of rotatable bonds is 13. The third-order valence-electron chi connectivity index (χ3n) is 5.12. The predicted octanol–water partition coefficient (Wildman–Crippen LogP) is 4.56. The number of nitrogens with zero attached hydrogens (tertiary/aromatic N) is 2. The summed E-state index contributed by atoms with van der Waals surface area (Å²) >= 11 is 0. The van der Waals surface area contributed by atoms with Gasteiger partial charge in [-0.1, -0.05) is 24.3 Å². The highest BCUT2D eigenvalue weighted by molar-refractivity contribution is 5.85. The van der Waals surface area contributed by atoms with E-state index in [-0.39, 0.29) is 36.5 Å². The van der Waals surface area contributed by atoms with Crippen LogP contribution in [0.15, 0.2) is 71.3 Å². The van der Waals surface area contributed by atoms with Crippen molar-refractivity contribution in [2.24, 2.45) is 0 Å². The minimum atomic E-state index is -0.271. The lowest BCUT2D eigenvalue weighted by molar-refractivity contribution is -0.122. The molecule has 0 radical (unpaired) electrons. The Balaban J connectivity index is 0.00000306. The zero-order valence-electron chi connectivity index (χ0n) is 20.1. The van der Waals surface area contributed by atoms with Gasteiger partial charge in [0, 0.05) is 19.6 Å². The second-order valence-corrected chi connectivity index (χ2v) is 8.26. The monoisotopic (exact) mass is 525 g/mol. The van der Waals surface area contributed by atoms with E-state index in [0.29, 0.717) is 32.8 Å². The van der Waals surface area contributed by atoms with Gasteiger partial charge in [-0.05, 0) is 68.0 Å². The fourth-order valence-corrected chi connectivity index (χ4v) is 3.39. The van der Waals surface area contributed by atoms with Gasteiger partial charge in [-0.15, -0.1) is 24.8 Å². The van der Waals surface area contributed by atoms with Gasteiger partial charge in [-0.25, -0.2) is 4.39 Å². The fourth-order valence-electron chi connectivity index (χ4n) is 3.39. The third-order valence-corrected chi connectivity index (χ3v) is 5.12. The molecule has 0 atom stereocenters. The first-order valence-electron chi connectivity index (χ1n) is 11.1. The maximum atomic E-state index is 13.4. The molecule has 9 heteroatoms. The van der Waals surface area contributed by atoms with Crippen molar-refractivity contribution in [1.29, 1.82) is 0 Å². The van der Waals surface area contributed by atoms with E-state index >= 15 is 0 Å². The highest BCUT2D eigenvalue weighted by Crippen LogP contribution is 2.17. The summed E-state index contributed by atoms with van der Waals surface area (Å²) < 4.78 is 24.7. The quantitative estimate of drug-likeness (QED) is 0.354. The molecule has 0 bridgehead atoms. The lowest BCUT2D eigenvalue weighted by atomic mass is 10.1. The van der Waals surface area contributed by atoms with E-state index in [9.17, 15) is 9.18 Å². The maximum absolute atomic E-state index is 13.4. The van der Waals surface area contributed by atoms with E-state index in [1.165, 1.54) is 12.1 Å². The summed E-state index contributed by atoms with van der Waals surface area (Å²) in [5.74, 6) is 1.28. The van der Waals surface area contributed by atoms with Crippen LogP contribution in [0, 0.1) is 5.82 Å². The van der Waals surface area contributed by atoms with Crippen molar-refractivity contribution in [3.05, 3.63) is 89.6 Å². The highest BCUT2D eigenvalue weighted by Gasteiger charge is 2.13. The van der Waals surface area contributed by atoms with Crippen LogP contribution in [0.4, 0.5) is 4.39 Å². The first-order valence-corrected chi connectivity index (χ1v) is 11.1. The van der Waals surface area contributed by atoms with Gasteiger partial charge in [0.05, 0.1) is 19.4 Å². The van der Waals surface area contributed by atoms with Gasteiger partial charge >= 0.3 is 0 Å². The Bertz CT molecular complexity index is 1000. The molecule has 0 saturated heterocycles. The van der Waals surface area contributed by atoms with Gasteiger partial charge < -0.3 is 19.4 Å². The van der Waals surface area contributed by atoms with Crippen LogP contribution in [0.25, 0.3) is 0 Å². The molecule has 6 nitrogen and oxygen atoms in total. The zero-order valence-corrected chi connectivity index (χ0v) is 21.7. The maximum Gasteiger partial charge on any atom is 0.234 e. The van der Waals surface area contributed by atoms with Crippen molar-refractivity contribution in [2.45, 2.75) is 19.6 Å². The molecule has 0 aliphatic heterocycles. The Labute approximate surface area is 219 Å². The molecule has 35 heavy (non-hydrogen) atoms. The number of hydrogen-bond donors (Lipinski definition) is 1. The summed E-state index contributed by atoms with van der Waals surface area (Å²) in [6, 6.07) is 18.0. The van der Waals surface area contributed by atoms with E-state index in [1.54, 1.807) is 12.3 Å². The number of ether oxygens (including phenoxy) is 1. The summed E-state index contributed by atoms with van der Waals surface area (Å²) in [6.45, 7) is 3.26. The van der Waals surface area contributed by atoms with Crippen molar-refractivity contribution in [3.63, 3.8) is 0 Å². The van der Waals surface area contributed by atoms with Gasteiger partial charge in [0.15, 0.2) is 0 Å². The van der Waals surface area contributed by atoms with Crippen molar-refractivity contribution < 1.29 is 18.3 Å².